The third kappa shape index (κ3) is 3.44. The lowest BCUT2D eigenvalue weighted by atomic mass is 10.3. The van der Waals surface area contributed by atoms with Crippen LogP contribution in [0.1, 0.15) is 33.0 Å². The van der Waals surface area contributed by atoms with Gasteiger partial charge in [-0.25, -0.2) is 4.98 Å². The van der Waals surface area contributed by atoms with E-state index in [9.17, 15) is 0 Å². The molecule has 2 aromatic rings. The standard InChI is InChI=1S/C16H23N3/c1-4-11-19-15-8-6-5-7-14(15)18-16(19)12-17-10-9-13(2)3/h5-9,17H,4,10-12H2,1-3H3. The fraction of sp³-hybridized carbons (Fsp3) is 0.438. The summed E-state index contributed by atoms with van der Waals surface area (Å²) in [5.41, 5.74) is 3.67. The Balaban J connectivity index is 2.16. The summed E-state index contributed by atoms with van der Waals surface area (Å²) in [6.45, 7) is 9.19. The number of aromatic nitrogens is 2. The minimum absolute atomic E-state index is 0.818. The second kappa shape index (κ2) is 6.53. The zero-order chi connectivity index (χ0) is 13.7. The first-order valence-corrected chi connectivity index (χ1v) is 7.00. The fourth-order valence-electron chi connectivity index (χ4n) is 2.19. The minimum Gasteiger partial charge on any atom is -0.327 e. The molecule has 0 aliphatic carbocycles. The fourth-order valence-corrected chi connectivity index (χ4v) is 2.19. The highest BCUT2D eigenvalue weighted by Crippen LogP contribution is 2.16. The molecule has 0 unspecified atom stereocenters. The monoisotopic (exact) mass is 257 g/mol. The van der Waals surface area contributed by atoms with Gasteiger partial charge in [-0.15, -0.1) is 0 Å². The smallest absolute Gasteiger partial charge is 0.123 e. The molecular weight excluding hydrogens is 234 g/mol. The van der Waals surface area contributed by atoms with Crippen molar-refractivity contribution in [2.75, 3.05) is 6.54 Å². The average molecular weight is 257 g/mol. The Hall–Kier alpha value is -1.61. The van der Waals surface area contributed by atoms with Crippen LogP contribution < -0.4 is 5.32 Å². The van der Waals surface area contributed by atoms with E-state index in [2.05, 4.69) is 54.9 Å². The Labute approximate surface area is 115 Å². The normalized spacial score (nSPS) is 10.9. The summed E-state index contributed by atoms with van der Waals surface area (Å²) in [5.74, 6) is 1.13. The van der Waals surface area contributed by atoms with Crippen LogP contribution in [0.15, 0.2) is 35.9 Å². The van der Waals surface area contributed by atoms with Crippen molar-refractivity contribution < 1.29 is 0 Å². The van der Waals surface area contributed by atoms with Crippen molar-refractivity contribution in [1.29, 1.82) is 0 Å². The third-order valence-corrected chi connectivity index (χ3v) is 3.12. The summed E-state index contributed by atoms with van der Waals surface area (Å²) in [6.07, 6.45) is 3.33. The van der Waals surface area contributed by atoms with E-state index in [1.165, 1.54) is 11.1 Å². The van der Waals surface area contributed by atoms with Crippen LogP contribution in [0.2, 0.25) is 0 Å². The van der Waals surface area contributed by atoms with Gasteiger partial charge in [-0.3, -0.25) is 0 Å². The Bertz CT molecular complexity index is 562. The highest BCUT2D eigenvalue weighted by molar-refractivity contribution is 5.75. The number of rotatable bonds is 6. The first-order valence-electron chi connectivity index (χ1n) is 7.00. The molecular formula is C16H23N3. The molecule has 0 saturated heterocycles. The molecule has 0 spiro atoms. The van der Waals surface area contributed by atoms with Crippen LogP contribution in [0.5, 0.6) is 0 Å². The molecule has 3 nitrogen and oxygen atoms in total. The predicted molar refractivity (Wildman–Crippen MR) is 81.2 cm³/mol. The second-order valence-electron chi connectivity index (χ2n) is 5.08. The molecule has 0 aliphatic heterocycles. The van der Waals surface area contributed by atoms with E-state index in [1.54, 1.807) is 0 Å². The van der Waals surface area contributed by atoms with Gasteiger partial charge in [0, 0.05) is 13.1 Å². The van der Waals surface area contributed by atoms with Crippen LogP contribution in [0.25, 0.3) is 11.0 Å². The molecule has 0 amide bonds. The number of benzene rings is 1. The zero-order valence-electron chi connectivity index (χ0n) is 12.1. The van der Waals surface area contributed by atoms with Crippen LogP contribution >= 0.6 is 0 Å². The van der Waals surface area contributed by atoms with E-state index < -0.39 is 0 Å². The maximum Gasteiger partial charge on any atom is 0.123 e. The second-order valence-corrected chi connectivity index (χ2v) is 5.08. The summed E-state index contributed by atoms with van der Waals surface area (Å²) in [4.78, 5) is 4.73. The van der Waals surface area contributed by atoms with Crippen molar-refractivity contribution in [2.24, 2.45) is 0 Å². The molecule has 3 heteroatoms. The minimum atomic E-state index is 0.818. The van der Waals surface area contributed by atoms with Gasteiger partial charge in [0.15, 0.2) is 0 Å². The lowest BCUT2D eigenvalue weighted by Crippen LogP contribution is -2.17. The average Bonchev–Trinajstić information content (AvgIpc) is 2.74. The molecule has 0 aliphatic rings. The quantitative estimate of drug-likeness (QED) is 0.634. The summed E-state index contributed by atoms with van der Waals surface area (Å²) >= 11 is 0. The Morgan fingerprint density at radius 3 is 2.84 bits per heavy atom. The lowest BCUT2D eigenvalue weighted by Gasteiger charge is -2.08. The van der Waals surface area contributed by atoms with Crippen LogP contribution in [-0.2, 0) is 13.1 Å². The summed E-state index contributed by atoms with van der Waals surface area (Å²) < 4.78 is 2.32. The van der Waals surface area contributed by atoms with E-state index in [1.807, 2.05) is 6.07 Å². The maximum absolute atomic E-state index is 4.73. The van der Waals surface area contributed by atoms with Gasteiger partial charge in [0.05, 0.1) is 17.6 Å². The Kier molecular flexibility index (Phi) is 4.74. The van der Waals surface area contributed by atoms with Gasteiger partial charge < -0.3 is 9.88 Å². The summed E-state index contributed by atoms with van der Waals surface area (Å²) in [7, 11) is 0. The number of imidazole rings is 1. The van der Waals surface area contributed by atoms with E-state index in [0.717, 1.165) is 37.4 Å². The van der Waals surface area contributed by atoms with E-state index in [-0.39, 0.29) is 0 Å². The number of nitrogens with zero attached hydrogens (tertiary/aromatic N) is 2. The number of nitrogens with one attached hydrogen (secondary N) is 1. The number of hydrogen-bond donors (Lipinski definition) is 1. The van der Waals surface area contributed by atoms with E-state index in [0.29, 0.717) is 0 Å². The van der Waals surface area contributed by atoms with Crippen molar-refractivity contribution in [3.63, 3.8) is 0 Å². The number of hydrogen-bond acceptors (Lipinski definition) is 2. The van der Waals surface area contributed by atoms with Crippen molar-refractivity contribution in [2.45, 2.75) is 40.3 Å². The van der Waals surface area contributed by atoms with Gasteiger partial charge in [0.1, 0.15) is 5.82 Å². The Morgan fingerprint density at radius 2 is 2.11 bits per heavy atom. The highest BCUT2D eigenvalue weighted by Gasteiger charge is 2.08. The van der Waals surface area contributed by atoms with Crippen molar-refractivity contribution >= 4 is 11.0 Å². The molecule has 0 bridgehead atoms. The molecule has 2 rings (SSSR count). The van der Waals surface area contributed by atoms with Crippen LogP contribution in [0, 0.1) is 0 Å². The number of para-hydroxylation sites is 2. The zero-order valence-corrected chi connectivity index (χ0v) is 12.1. The topological polar surface area (TPSA) is 29.9 Å². The van der Waals surface area contributed by atoms with E-state index in [4.69, 9.17) is 4.98 Å². The maximum atomic E-state index is 4.73. The van der Waals surface area contributed by atoms with Crippen molar-refractivity contribution in [3.8, 4) is 0 Å². The molecule has 1 heterocycles. The first-order chi connectivity index (χ1) is 9.22. The van der Waals surface area contributed by atoms with Gasteiger partial charge in [-0.05, 0) is 32.4 Å². The Morgan fingerprint density at radius 1 is 1.32 bits per heavy atom. The highest BCUT2D eigenvalue weighted by atomic mass is 15.1. The van der Waals surface area contributed by atoms with Gasteiger partial charge >= 0.3 is 0 Å². The number of aryl methyl sites for hydroxylation is 1. The molecule has 1 aromatic heterocycles. The third-order valence-electron chi connectivity index (χ3n) is 3.12. The summed E-state index contributed by atoms with van der Waals surface area (Å²) in [5, 5.41) is 3.43. The first kappa shape index (κ1) is 13.8. The van der Waals surface area contributed by atoms with Crippen molar-refractivity contribution in [3.05, 3.63) is 41.7 Å². The molecule has 0 atom stereocenters. The van der Waals surface area contributed by atoms with Crippen LogP contribution in [-0.4, -0.2) is 16.1 Å². The molecule has 0 radical (unpaired) electrons. The van der Waals surface area contributed by atoms with Gasteiger partial charge in [0.2, 0.25) is 0 Å². The lowest BCUT2D eigenvalue weighted by molar-refractivity contribution is 0.617. The predicted octanol–water partition coefficient (Wildman–Crippen LogP) is 3.50. The van der Waals surface area contributed by atoms with Gasteiger partial charge in [-0.1, -0.05) is 30.7 Å². The largest absolute Gasteiger partial charge is 0.327 e. The number of allylic oxidation sites excluding steroid dienone is 1. The molecule has 0 fully saturated rings. The SMILES string of the molecule is CCCn1c(CNCC=C(C)C)nc2ccccc21. The molecule has 102 valence electrons. The van der Waals surface area contributed by atoms with E-state index >= 15 is 0 Å². The molecule has 1 N–H and O–H groups in total. The van der Waals surface area contributed by atoms with Crippen LogP contribution in [0.4, 0.5) is 0 Å². The van der Waals surface area contributed by atoms with Gasteiger partial charge in [0.25, 0.3) is 0 Å². The summed E-state index contributed by atoms with van der Waals surface area (Å²) in [6, 6.07) is 8.36. The van der Waals surface area contributed by atoms with Crippen molar-refractivity contribution in [1.82, 2.24) is 14.9 Å². The van der Waals surface area contributed by atoms with Crippen LogP contribution in [0.3, 0.4) is 0 Å². The van der Waals surface area contributed by atoms with Gasteiger partial charge in [-0.2, -0.15) is 0 Å². The number of fused-ring (bicyclic) bond motifs is 1. The molecule has 0 saturated carbocycles. The molecule has 19 heavy (non-hydrogen) atoms. The molecule has 1 aromatic carbocycles.